The van der Waals surface area contributed by atoms with Gasteiger partial charge in [-0.15, -0.1) is 0 Å². The van der Waals surface area contributed by atoms with Crippen LogP contribution in [0.1, 0.15) is 37.7 Å². The van der Waals surface area contributed by atoms with Crippen molar-refractivity contribution in [3.63, 3.8) is 0 Å². The van der Waals surface area contributed by atoms with E-state index >= 15 is 0 Å². The average Bonchev–Trinajstić information content (AvgIpc) is 3.42. The number of fused-ring (bicyclic) bond motifs is 2. The van der Waals surface area contributed by atoms with Crippen LogP contribution in [0.3, 0.4) is 0 Å². The highest BCUT2D eigenvalue weighted by Crippen LogP contribution is 2.37. The highest BCUT2D eigenvalue weighted by Gasteiger charge is 2.46. The summed E-state index contributed by atoms with van der Waals surface area (Å²) >= 11 is 0. The summed E-state index contributed by atoms with van der Waals surface area (Å²) in [6.45, 7) is 1.97. The van der Waals surface area contributed by atoms with E-state index in [9.17, 15) is 0 Å². The lowest BCUT2D eigenvalue weighted by Crippen LogP contribution is -2.72. The van der Waals surface area contributed by atoms with Gasteiger partial charge in [0.1, 0.15) is 5.82 Å². The Bertz CT molecular complexity index is 1130. The summed E-state index contributed by atoms with van der Waals surface area (Å²) < 4.78 is 1.91. The Kier molecular flexibility index (Phi) is 5.23. The highest BCUT2D eigenvalue weighted by atomic mass is 15.3. The minimum atomic E-state index is 0.379. The van der Waals surface area contributed by atoms with Crippen molar-refractivity contribution in [3.8, 4) is 11.8 Å². The van der Waals surface area contributed by atoms with E-state index in [0.29, 0.717) is 29.7 Å². The largest absolute Gasteiger partial charge is 0.370 e. The predicted octanol–water partition coefficient (Wildman–Crippen LogP) is 3.51. The molecule has 0 amide bonds. The van der Waals surface area contributed by atoms with Crippen molar-refractivity contribution in [3.05, 3.63) is 66.6 Å². The van der Waals surface area contributed by atoms with E-state index < -0.39 is 0 Å². The lowest BCUT2D eigenvalue weighted by atomic mass is 9.81. The van der Waals surface area contributed by atoms with Gasteiger partial charge in [0.15, 0.2) is 0 Å². The van der Waals surface area contributed by atoms with E-state index in [-0.39, 0.29) is 0 Å². The van der Waals surface area contributed by atoms with Gasteiger partial charge in [-0.25, -0.2) is 9.67 Å². The van der Waals surface area contributed by atoms with Gasteiger partial charge in [-0.3, -0.25) is 0 Å². The standard InChI is InChI=1S/C26H29N7/c27-17-19-6-8-20(9-7-19)31-15-11-25-23(18-31)30-22-4-1-2-5-24(22)33(25)26-16-21(10-13-28-26)32-14-3-12-29-32/h3,6-10,12-14,16,22-25,30H,1-2,4-5,11,15,18H2/t22-,23?,24?,25?/m1/s1. The SMILES string of the molecule is N#Cc1ccc(N2CCC3C(C2)N[C@@H]2CCCCC2N3c2cc(-n3cccn3)ccn2)cc1. The van der Waals surface area contributed by atoms with Gasteiger partial charge < -0.3 is 15.1 Å². The molecule has 1 saturated carbocycles. The topological polar surface area (TPSA) is 73.0 Å². The molecule has 2 aromatic heterocycles. The van der Waals surface area contributed by atoms with Crippen molar-refractivity contribution in [2.45, 2.75) is 56.3 Å². The molecule has 3 aliphatic rings. The molecule has 6 rings (SSSR count). The Balaban J connectivity index is 1.31. The number of benzene rings is 1. The van der Waals surface area contributed by atoms with Gasteiger partial charge in [-0.1, -0.05) is 12.8 Å². The second-order valence-electron chi connectivity index (χ2n) is 9.42. The second kappa shape index (κ2) is 8.53. The first-order valence-electron chi connectivity index (χ1n) is 12.1. The molecule has 3 fully saturated rings. The van der Waals surface area contributed by atoms with Crippen LogP contribution in [0.25, 0.3) is 5.69 Å². The van der Waals surface area contributed by atoms with Crippen LogP contribution in [-0.2, 0) is 0 Å². The van der Waals surface area contributed by atoms with Crippen LogP contribution in [0.15, 0.2) is 61.1 Å². The Morgan fingerprint density at radius 3 is 2.61 bits per heavy atom. The van der Waals surface area contributed by atoms with Crippen LogP contribution in [-0.4, -0.2) is 52.0 Å². The molecule has 168 valence electrons. The maximum absolute atomic E-state index is 9.13. The third-order valence-electron chi connectivity index (χ3n) is 7.57. The molecular weight excluding hydrogens is 410 g/mol. The Hall–Kier alpha value is -3.37. The molecule has 1 N–H and O–H groups in total. The summed E-state index contributed by atoms with van der Waals surface area (Å²) in [7, 11) is 0. The molecule has 33 heavy (non-hydrogen) atoms. The zero-order valence-corrected chi connectivity index (χ0v) is 18.7. The van der Waals surface area contributed by atoms with Crippen LogP contribution in [0, 0.1) is 11.3 Å². The fourth-order valence-electron chi connectivity index (χ4n) is 6.03. The van der Waals surface area contributed by atoms with Crippen molar-refractivity contribution in [2.75, 3.05) is 22.9 Å². The fourth-order valence-corrected chi connectivity index (χ4v) is 6.03. The van der Waals surface area contributed by atoms with E-state index in [1.807, 2.05) is 47.5 Å². The van der Waals surface area contributed by atoms with E-state index in [2.05, 4.69) is 44.5 Å². The van der Waals surface area contributed by atoms with E-state index in [0.717, 1.165) is 31.0 Å². The molecule has 0 bridgehead atoms. The molecule has 7 heteroatoms. The van der Waals surface area contributed by atoms with E-state index in [4.69, 9.17) is 10.2 Å². The maximum atomic E-state index is 9.13. The number of nitrogens with one attached hydrogen (secondary N) is 1. The molecule has 0 spiro atoms. The molecule has 3 unspecified atom stereocenters. The number of piperazine rings is 1. The number of aromatic nitrogens is 3. The van der Waals surface area contributed by atoms with Crippen LogP contribution < -0.4 is 15.1 Å². The third-order valence-corrected chi connectivity index (χ3v) is 7.57. The molecule has 4 heterocycles. The van der Waals surface area contributed by atoms with Gasteiger partial charge in [0.2, 0.25) is 0 Å². The highest BCUT2D eigenvalue weighted by molar-refractivity contribution is 5.53. The summed E-state index contributed by atoms with van der Waals surface area (Å²) in [5.41, 5.74) is 2.97. The Morgan fingerprint density at radius 2 is 1.79 bits per heavy atom. The van der Waals surface area contributed by atoms with E-state index in [1.165, 1.54) is 31.4 Å². The first-order valence-corrected chi connectivity index (χ1v) is 12.1. The van der Waals surface area contributed by atoms with Gasteiger partial charge in [0, 0.05) is 67.6 Å². The molecule has 1 aromatic carbocycles. The molecule has 7 nitrogen and oxygen atoms in total. The molecule has 1 aliphatic carbocycles. The van der Waals surface area contributed by atoms with Crippen LogP contribution in [0.5, 0.6) is 0 Å². The summed E-state index contributed by atoms with van der Waals surface area (Å²) in [4.78, 5) is 9.97. The Morgan fingerprint density at radius 1 is 0.939 bits per heavy atom. The van der Waals surface area contributed by atoms with Crippen molar-refractivity contribution in [1.82, 2.24) is 20.1 Å². The average molecular weight is 440 g/mol. The monoisotopic (exact) mass is 439 g/mol. The smallest absolute Gasteiger partial charge is 0.131 e. The first-order chi connectivity index (χ1) is 16.3. The van der Waals surface area contributed by atoms with Crippen LogP contribution >= 0.6 is 0 Å². The second-order valence-corrected chi connectivity index (χ2v) is 9.42. The lowest BCUT2D eigenvalue weighted by molar-refractivity contribution is 0.188. The minimum absolute atomic E-state index is 0.379. The van der Waals surface area contributed by atoms with E-state index in [1.54, 1.807) is 0 Å². The van der Waals surface area contributed by atoms with Crippen molar-refractivity contribution < 1.29 is 0 Å². The van der Waals surface area contributed by atoms with Crippen LogP contribution in [0.2, 0.25) is 0 Å². The Labute approximate surface area is 194 Å². The first kappa shape index (κ1) is 20.3. The molecule has 2 saturated heterocycles. The molecular formula is C26H29N7. The van der Waals surface area contributed by atoms with Gasteiger partial charge in [-0.05, 0) is 55.7 Å². The van der Waals surface area contributed by atoms with Crippen molar-refractivity contribution in [2.24, 2.45) is 0 Å². The third kappa shape index (κ3) is 3.75. The maximum Gasteiger partial charge on any atom is 0.131 e. The number of nitriles is 1. The van der Waals surface area contributed by atoms with Crippen molar-refractivity contribution in [1.29, 1.82) is 5.26 Å². The zero-order valence-electron chi connectivity index (χ0n) is 18.7. The lowest BCUT2D eigenvalue weighted by Gasteiger charge is -2.56. The number of hydrogen-bond donors (Lipinski definition) is 1. The molecule has 4 atom stereocenters. The quantitative estimate of drug-likeness (QED) is 0.673. The summed E-state index contributed by atoms with van der Waals surface area (Å²) in [5.74, 6) is 1.07. The summed E-state index contributed by atoms with van der Waals surface area (Å²) in [5, 5.41) is 17.6. The molecule has 3 aromatic rings. The number of nitrogens with zero attached hydrogens (tertiary/aromatic N) is 6. The number of rotatable bonds is 3. The number of anilines is 2. The summed E-state index contributed by atoms with van der Waals surface area (Å²) in [6, 6.07) is 18.2. The fraction of sp³-hybridized carbons (Fsp3) is 0.423. The summed E-state index contributed by atoms with van der Waals surface area (Å²) in [6.07, 6.45) is 11.8. The van der Waals surface area contributed by atoms with Gasteiger partial charge in [0.25, 0.3) is 0 Å². The molecule has 2 aliphatic heterocycles. The predicted molar refractivity (Wildman–Crippen MR) is 129 cm³/mol. The van der Waals surface area contributed by atoms with Gasteiger partial charge in [0.05, 0.1) is 17.3 Å². The number of piperidine rings is 1. The zero-order chi connectivity index (χ0) is 22.2. The normalized spacial score (nSPS) is 26.9. The van der Waals surface area contributed by atoms with Crippen LogP contribution in [0.4, 0.5) is 11.5 Å². The molecule has 0 radical (unpaired) electrons. The van der Waals surface area contributed by atoms with Crippen molar-refractivity contribution >= 4 is 11.5 Å². The number of pyridine rings is 1. The van der Waals surface area contributed by atoms with Gasteiger partial charge in [-0.2, -0.15) is 10.4 Å². The number of hydrogen-bond acceptors (Lipinski definition) is 6. The van der Waals surface area contributed by atoms with Gasteiger partial charge >= 0.3 is 0 Å². The minimum Gasteiger partial charge on any atom is -0.370 e.